The molecule has 3 nitrogen and oxygen atoms in total. The Labute approximate surface area is 118 Å². The third-order valence-corrected chi connectivity index (χ3v) is 3.66. The van der Waals surface area contributed by atoms with Gasteiger partial charge in [0.1, 0.15) is 5.75 Å². The molecular weight excluding hydrogens is 250 g/mol. The van der Waals surface area contributed by atoms with Gasteiger partial charge in [-0.05, 0) is 48.7 Å². The Balaban J connectivity index is 1.98. The first-order valence-electron chi connectivity index (χ1n) is 6.84. The van der Waals surface area contributed by atoms with Gasteiger partial charge in [0.25, 0.3) is 0 Å². The van der Waals surface area contributed by atoms with Crippen LogP contribution in [0.25, 0.3) is 0 Å². The van der Waals surface area contributed by atoms with Crippen LogP contribution in [0.3, 0.4) is 0 Å². The Hall–Kier alpha value is -2.29. The van der Waals surface area contributed by atoms with Crippen molar-refractivity contribution in [1.29, 1.82) is 0 Å². The fraction of sp³-hybridized carbons (Fsp3) is 0.235. The Morgan fingerprint density at radius 1 is 1.20 bits per heavy atom. The monoisotopic (exact) mass is 267 g/mol. The van der Waals surface area contributed by atoms with E-state index in [0.717, 1.165) is 30.6 Å². The highest BCUT2D eigenvalue weighted by Crippen LogP contribution is 2.26. The second-order valence-corrected chi connectivity index (χ2v) is 4.93. The number of hydrogen-bond donors (Lipinski definition) is 1. The molecule has 1 N–H and O–H groups in total. The average molecular weight is 267 g/mol. The number of hydrogen-bond acceptors (Lipinski definition) is 3. The maximum absolute atomic E-state index is 12.6. The van der Waals surface area contributed by atoms with Gasteiger partial charge in [0.15, 0.2) is 5.78 Å². The molecule has 3 rings (SSSR count). The Morgan fingerprint density at radius 2 is 2.05 bits per heavy atom. The second kappa shape index (κ2) is 5.37. The van der Waals surface area contributed by atoms with E-state index in [1.54, 1.807) is 13.2 Å². The molecule has 2 aromatic rings. The van der Waals surface area contributed by atoms with Crippen molar-refractivity contribution >= 4 is 11.5 Å². The molecular formula is C17H17NO2. The third kappa shape index (κ3) is 2.27. The molecule has 0 unspecified atom stereocenters. The Bertz CT molecular complexity index is 649. The van der Waals surface area contributed by atoms with Gasteiger partial charge < -0.3 is 10.1 Å². The van der Waals surface area contributed by atoms with Crippen LogP contribution in [-0.4, -0.2) is 19.4 Å². The normalized spacial score (nSPS) is 13.2. The van der Waals surface area contributed by atoms with Gasteiger partial charge in [0, 0.05) is 17.8 Å². The van der Waals surface area contributed by atoms with Crippen LogP contribution in [0.4, 0.5) is 5.69 Å². The lowest BCUT2D eigenvalue weighted by atomic mass is 9.96. The van der Waals surface area contributed by atoms with Crippen molar-refractivity contribution in [3.05, 3.63) is 59.2 Å². The third-order valence-electron chi connectivity index (χ3n) is 3.66. The summed E-state index contributed by atoms with van der Waals surface area (Å²) in [4.78, 5) is 12.6. The molecule has 2 aromatic carbocycles. The topological polar surface area (TPSA) is 38.3 Å². The predicted octanol–water partition coefficient (Wildman–Crippen LogP) is 3.28. The smallest absolute Gasteiger partial charge is 0.196 e. The number of methoxy groups -OCH3 is 1. The fourth-order valence-electron chi connectivity index (χ4n) is 2.60. The average Bonchev–Trinajstić information content (AvgIpc) is 2.53. The number of ketones is 1. The van der Waals surface area contributed by atoms with Crippen molar-refractivity contribution in [3.8, 4) is 5.75 Å². The summed E-state index contributed by atoms with van der Waals surface area (Å²) in [6, 6.07) is 13.2. The standard InChI is InChI=1S/C17H17NO2/c1-20-16-7-3-2-6-14(16)17(19)13-8-9-15-12(11-13)5-4-10-18-15/h2-3,6-9,11,18H,4-5,10H2,1H3. The SMILES string of the molecule is COc1ccccc1C(=O)c1ccc2c(c1)CCCN2. The van der Waals surface area contributed by atoms with Gasteiger partial charge in [-0.3, -0.25) is 4.79 Å². The zero-order chi connectivity index (χ0) is 13.9. The minimum absolute atomic E-state index is 0.0100. The first-order chi connectivity index (χ1) is 9.79. The molecule has 3 heteroatoms. The van der Waals surface area contributed by atoms with Crippen molar-refractivity contribution in [2.75, 3.05) is 19.0 Å². The van der Waals surface area contributed by atoms with Crippen LogP contribution in [0.1, 0.15) is 27.9 Å². The van der Waals surface area contributed by atoms with Gasteiger partial charge in [-0.25, -0.2) is 0 Å². The second-order valence-electron chi connectivity index (χ2n) is 4.93. The predicted molar refractivity (Wildman–Crippen MR) is 79.7 cm³/mol. The van der Waals surface area contributed by atoms with E-state index in [1.807, 2.05) is 36.4 Å². The number of para-hydroxylation sites is 1. The number of ether oxygens (including phenoxy) is 1. The highest BCUT2D eigenvalue weighted by molar-refractivity contribution is 6.11. The summed E-state index contributed by atoms with van der Waals surface area (Å²) in [5.74, 6) is 0.629. The van der Waals surface area contributed by atoms with Crippen LogP contribution in [0.2, 0.25) is 0 Å². The highest BCUT2D eigenvalue weighted by atomic mass is 16.5. The van der Waals surface area contributed by atoms with E-state index < -0.39 is 0 Å². The van der Waals surface area contributed by atoms with Crippen molar-refractivity contribution in [3.63, 3.8) is 0 Å². The summed E-state index contributed by atoms with van der Waals surface area (Å²) in [7, 11) is 1.59. The summed E-state index contributed by atoms with van der Waals surface area (Å²) in [5.41, 5.74) is 3.69. The number of carbonyl (C=O) groups is 1. The van der Waals surface area contributed by atoms with E-state index in [0.29, 0.717) is 11.3 Å². The summed E-state index contributed by atoms with van der Waals surface area (Å²) in [5, 5.41) is 3.36. The van der Waals surface area contributed by atoms with Crippen LogP contribution in [0.15, 0.2) is 42.5 Å². The first-order valence-corrected chi connectivity index (χ1v) is 6.84. The molecule has 0 radical (unpaired) electrons. The van der Waals surface area contributed by atoms with Gasteiger partial charge >= 0.3 is 0 Å². The van der Waals surface area contributed by atoms with Crippen molar-refractivity contribution in [2.24, 2.45) is 0 Å². The molecule has 0 atom stereocenters. The zero-order valence-electron chi connectivity index (χ0n) is 11.5. The Kier molecular flexibility index (Phi) is 3.42. The van der Waals surface area contributed by atoms with Gasteiger partial charge in [-0.15, -0.1) is 0 Å². The van der Waals surface area contributed by atoms with Gasteiger partial charge in [-0.1, -0.05) is 12.1 Å². The van der Waals surface area contributed by atoms with Crippen molar-refractivity contribution < 1.29 is 9.53 Å². The fourth-order valence-corrected chi connectivity index (χ4v) is 2.60. The molecule has 102 valence electrons. The summed E-state index contributed by atoms with van der Waals surface area (Å²) >= 11 is 0. The van der Waals surface area contributed by atoms with Crippen LogP contribution < -0.4 is 10.1 Å². The molecule has 1 heterocycles. The maximum Gasteiger partial charge on any atom is 0.196 e. The largest absolute Gasteiger partial charge is 0.496 e. The van der Waals surface area contributed by atoms with Gasteiger partial charge in [0.05, 0.1) is 12.7 Å². The highest BCUT2D eigenvalue weighted by Gasteiger charge is 2.16. The summed E-state index contributed by atoms with van der Waals surface area (Å²) in [6.45, 7) is 1.01. The molecule has 0 aliphatic carbocycles. The molecule has 0 aromatic heterocycles. The number of aryl methyl sites for hydroxylation is 1. The summed E-state index contributed by atoms with van der Waals surface area (Å²) in [6.07, 6.45) is 2.13. The van der Waals surface area contributed by atoms with E-state index in [-0.39, 0.29) is 5.78 Å². The molecule has 1 aliphatic heterocycles. The van der Waals surface area contributed by atoms with Crippen LogP contribution >= 0.6 is 0 Å². The van der Waals surface area contributed by atoms with Crippen molar-refractivity contribution in [1.82, 2.24) is 0 Å². The number of rotatable bonds is 3. The maximum atomic E-state index is 12.6. The van der Waals surface area contributed by atoms with E-state index in [4.69, 9.17) is 4.74 Å². The number of anilines is 1. The molecule has 0 saturated heterocycles. The number of nitrogens with one attached hydrogen (secondary N) is 1. The number of benzene rings is 2. The molecule has 0 amide bonds. The molecule has 0 spiro atoms. The van der Waals surface area contributed by atoms with Crippen LogP contribution in [0, 0.1) is 0 Å². The molecule has 0 saturated carbocycles. The minimum atomic E-state index is 0.0100. The van der Waals surface area contributed by atoms with Gasteiger partial charge in [0.2, 0.25) is 0 Å². The first kappa shape index (κ1) is 12.7. The van der Waals surface area contributed by atoms with E-state index in [2.05, 4.69) is 5.32 Å². The minimum Gasteiger partial charge on any atom is -0.496 e. The molecule has 20 heavy (non-hydrogen) atoms. The Morgan fingerprint density at radius 3 is 2.90 bits per heavy atom. The lowest BCUT2D eigenvalue weighted by Gasteiger charge is -2.18. The van der Waals surface area contributed by atoms with Crippen LogP contribution in [-0.2, 0) is 6.42 Å². The summed E-state index contributed by atoms with van der Waals surface area (Å²) < 4.78 is 5.27. The zero-order valence-corrected chi connectivity index (χ0v) is 11.5. The quantitative estimate of drug-likeness (QED) is 0.867. The van der Waals surface area contributed by atoms with E-state index in [1.165, 1.54) is 5.56 Å². The van der Waals surface area contributed by atoms with E-state index in [9.17, 15) is 4.79 Å². The van der Waals surface area contributed by atoms with Gasteiger partial charge in [-0.2, -0.15) is 0 Å². The molecule has 1 aliphatic rings. The lowest BCUT2D eigenvalue weighted by Crippen LogP contribution is -2.13. The lowest BCUT2D eigenvalue weighted by molar-refractivity contribution is 0.103. The van der Waals surface area contributed by atoms with E-state index >= 15 is 0 Å². The molecule has 0 fully saturated rings. The number of fused-ring (bicyclic) bond motifs is 1. The molecule has 0 bridgehead atoms. The van der Waals surface area contributed by atoms with Crippen LogP contribution in [0.5, 0.6) is 5.75 Å². The van der Waals surface area contributed by atoms with Crippen molar-refractivity contribution in [2.45, 2.75) is 12.8 Å². The number of carbonyl (C=O) groups excluding carboxylic acids is 1.